The largest absolute Gasteiger partial charge is 0.496 e. The van der Waals surface area contributed by atoms with E-state index in [4.69, 9.17) is 9.47 Å². The van der Waals surface area contributed by atoms with Crippen LogP contribution in [0.2, 0.25) is 0 Å². The van der Waals surface area contributed by atoms with Crippen LogP contribution in [0.4, 0.5) is 0 Å². The molecule has 0 spiro atoms. The molecule has 0 unspecified atom stereocenters. The number of esters is 1. The molecule has 1 N–H and O–H groups in total. The lowest BCUT2D eigenvalue weighted by Crippen LogP contribution is -2.06. The third-order valence-corrected chi connectivity index (χ3v) is 2.75. The topological polar surface area (TPSA) is 64.2 Å². The molecule has 0 radical (unpaired) electrons. The van der Waals surface area contributed by atoms with E-state index in [1.165, 1.54) is 0 Å². The molecular formula is C14H16N2O3. The summed E-state index contributed by atoms with van der Waals surface area (Å²) >= 11 is 0. The van der Waals surface area contributed by atoms with Crippen molar-refractivity contribution in [3.63, 3.8) is 0 Å². The van der Waals surface area contributed by atoms with Crippen LogP contribution in [0.25, 0.3) is 11.3 Å². The summed E-state index contributed by atoms with van der Waals surface area (Å²) in [6.07, 6.45) is 1.62. The van der Waals surface area contributed by atoms with E-state index in [1.54, 1.807) is 20.2 Å². The molecule has 0 aliphatic heterocycles. The second kappa shape index (κ2) is 5.56. The van der Waals surface area contributed by atoms with Crippen LogP contribution in [0.15, 0.2) is 24.4 Å². The number of aromatic amines is 1. The Kier molecular flexibility index (Phi) is 3.85. The molecule has 0 fully saturated rings. The third kappa shape index (κ3) is 2.76. The normalized spacial score (nSPS) is 10.3. The Balaban J connectivity index is 2.27. The fraction of sp³-hybridized carbons (Fsp3) is 0.286. The second-order valence-corrected chi connectivity index (χ2v) is 4.05. The summed E-state index contributed by atoms with van der Waals surface area (Å²) < 4.78 is 10.1. The van der Waals surface area contributed by atoms with Gasteiger partial charge in [0.05, 0.1) is 25.6 Å². The lowest BCUT2D eigenvalue weighted by molar-refractivity contribution is 0.0513. The Morgan fingerprint density at radius 3 is 2.84 bits per heavy atom. The zero-order valence-corrected chi connectivity index (χ0v) is 11.2. The molecule has 5 heteroatoms. The van der Waals surface area contributed by atoms with Crippen LogP contribution in [-0.4, -0.2) is 29.7 Å². The molecular weight excluding hydrogens is 244 g/mol. The number of carbonyl (C=O) groups excluding carboxylic acids is 1. The number of methoxy groups -OCH3 is 1. The van der Waals surface area contributed by atoms with E-state index in [-0.39, 0.29) is 5.82 Å². The van der Waals surface area contributed by atoms with Gasteiger partial charge in [-0.1, -0.05) is 0 Å². The Labute approximate surface area is 111 Å². The molecule has 2 aromatic rings. The summed E-state index contributed by atoms with van der Waals surface area (Å²) in [6.45, 7) is 4.05. The number of nitrogens with zero attached hydrogens (tertiary/aromatic N) is 1. The maximum Gasteiger partial charge on any atom is 0.374 e. The fourth-order valence-electron chi connectivity index (χ4n) is 1.82. The van der Waals surface area contributed by atoms with Gasteiger partial charge < -0.3 is 14.5 Å². The minimum Gasteiger partial charge on any atom is -0.496 e. The van der Waals surface area contributed by atoms with Gasteiger partial charge in [-0.15, -0.1) is 0 Å². The van der Waals surface area contributed by atoms with E-state index in [0.29, 0.717) is 6.61 Å². The number of nitrogens with one attached hydrogen (secondary N) is 1. The van der Waals surface area contributed by atoms with Gasteiger partial charge in [-0.2, -0.15) is 0 Å². The van der Waals surface area contributed by atoms with Crippen molar-refractivity contribution in [3.05, 3.63) is 35.8 Å². The number of ether oxygens (including phenoxy) is 2. The molecule has 0 amide bonds. The van der Waals surface area contributed by atoms with Gasteiger partial charge in [0, 0.05) is 5.56 Å². The van der Waals surface area contributed by atoms with Crippen LogP contribution in [-0.2, 0) is 4.74 Å². The maximum absolute atomic E-state index is 11.5. The van der Waals surface area contributed by atoms with Crippen LogP contribution >= 0.6 is 0 Å². The predicted molar refractivity (Wildman–Crippen MR) is 71.3 cm³/mol. The molecule has 0 saturated carbocycles. The molecule has 1 aromatic carbocycles. The van der Waals surface area contributed by atoms with Crippen LogP contribution in [0.1, 0.15) is 23.1 Å². The second-order valence-electron chi connectivity index (χ2n) is 4.05. The van der Waals surface area contributed by atoms with Gasteiger partial charge in [-0.25, -0.2) is 9.78 Å². The average molecular weight is 260 g/mol. The number of benzene rings is 1. The lowest BCUT2D eigenvalue weighted by atomic mass is 10.1. The van der Waals surface area contributed by atoms with Crippen molar-refractivity contribution in [2.45, 2.75) is 13.8 Å². The maximum atomic E-state index is 11.5. The number of hydrogen-bond acceptors (Lipinski definition) is 4. The molecule has 19 heavy (non-hydrogen) atoms. The van der Waals surface area contributed by atoms with E-state index in [2.05, 4.69) is 9.97 Å². The molecule has 2 rings (SSSR count). The standard InChI is InChI=1S/C14H16N2O3/c1-4-19-14(17)13-15-8-11(16-13)10-5-6-12(18-3)9(2)7-10/h5-8H,4H2,1-3H3,(H,15,16). The van der Waals surface area contributed by atoms with Gasteiger partial charge in [0.2, 0.25) is 5.82 Å². The van der Waals surface area contributed by atoms with Crippen molar-refractivity contribution in [2.75, 3.05) is 13.7 Å². The summed E-state index contributed by atoms with van der Waals surface area (Å²) in [5, 5.41) is 0. The van der Waals surface area contributed by atoms with E-state index >= 15 is 0 Å². The van der Waals surface area contributed by atoms with Crippen LogP contribution in [0.3, 0.4) is 0 Å². The van der Waals surface area contributed by atoms with Crippen molar-refractivity contribution in [3.8, 4) is 17.0 Å². The van der Waals surface area contributed by atoms with E-state index in [1.807, 2.05) is 25.1 Å². The van der Waals surface area contributed by atoms with Gasteiger partial charge in [0.15, 0.2) is 0 Å². The molecule has 0 aliphatic carbocycles. The van der Waals surface area contributed by atoms with E-state index in [9.17, 15) is 4.79 Å². The van der Waals surface area contributed by atoms with E-state index < -0.39 is 5.97 Å². The number of aryl methyl sites for hydroxylation is 1. The van der Waals surface area contributed by atoms with Gasteiger partial charge in [0.1, 0.15) is 5.75 Å². The fourth-order valence-corrected chi connectivity index (χ4v) is 1.82. The predicted octanol–water partition coefficient (Wildman–Crippen LogP) is 2.57. The van der Waals surface area contributed by atoms with Gasteiger partial charge in [-0.05, 0) is 37.6 Å². The quantitative estimate of drug-likeness (QED) is 0.858. The van der Waals surface area contributed by atoms with Crippen LogP contribution in [0.5, 0.6) is 5.75 Å². The molecule has 0 saturated heterocycles. The molecule has 0 aliphatic rings. The molecule has 0 bridgehead atoms. The van der Waals surface area contributed by atoms with Gasteiger partial charge >= 0.3 is 5.97 Å². The Bertz CT molecular complexity index is 590. The first-order valence-electron chi connectivity index (χ1n) is 6.02. The number of rotatable bonds is 4. The van der Waals surface area contributed by atoms with Crippen molar-refractivity contribution in [1.29, 1.82) is 0 Å². The summed E-state index contributed by atoms with van der Waals surface area (Å²) in [7, 11) is 1.64. The average Bonchev–Trinajstić information content (AvgIpc) is 2.88. The molecule has 1 heterocycles. The highest BCUT2D eigenvalue weighted by molar-refractivity contribution is 5.86. The van der Waals surface area contributed by atoms with Crippen molar-refractivity contribution < 1.29 is 14.3 Å². The van der Waals surface area contributed by atoms with Crippen molar-refractivity contribution in [1.82, 2.24) is 9.97 Å². The summed E-state index contributed by atoms with van der Waals surface area (Å²) in [6, 6.07) is 5.77. The first kappa shape index (κ1) is 13.1. The molecule has 5 nitrogen and oxygen atoms in total. The Morgan fingerprint density at radius 1 is 1.42 bits per heavy atom. The first-order chi connectivity index (χ1) is 9.15. The third-order valence-electron chi connectivity index (χ3n) is 2.75. The Morgan fingerprint density at radius 2 is 2.21 bits per heavy atom. The van der Waals surface area contributed by atoms with Crippen LogP contribution < -0.4 is 4.74 Å². The van der Waals surface area contributed by atoms with Gasteiger partial charge in [0.25, 0.3) is 0 Å². The number of imidazole rings is 1. The minimum atomic E-state index is -0.445. The van der Waals surface area contributed by atoms with Crippen molar-refractivity contribution >= 4 is 5.97 Å². The summed E-state index contributed by atoms with van der Waals surface area (Å²) in [4.78, 5) is 18.5. The minimum absolute atomic E-state index is 0.213. The number of hydrogen-bond donors (Lipinski definition) is 1. The lowest BCUT2D eigenvalue weighted by Gasteiger charge is -2.05. The number of H-pyrrole nitrogens is 1. The highest BCUT2D eigenvalue weighted by Gasteiger charge is 2.12. The zero-order chi connectivity index (χ0) is 13.8. The SMILES string of the molecule is CCOC(=O)c1ncc(-c2ccc(OC)c(C)c2)[nH]1. The smallest absolute Gasteiger partial charge is 0.374 e. The summed E-state index contributed by atoms with van der Waals surface area (Å²) in [5.41, 5.74) is 2.74. The first-order valence-corrected chi connectivity index (χ1v) is 6.02. The monoisotopic (exact) mass is 260 g/mol. The molecule has 1 aromatic heterocycles. The highest BCUT2D eigenvalue weighted by atomic mass is 16.5. The van der Waals surface area contributed by atoms with Gasteiger partial charge in [-0.3, -0.25) is 0 Å². The van der Waals surface area contributed by atoms with E-state index in [0.717, 1.165) is 22.6 Å². The highest BCUT2D eigenvalue weighted by Crippen LogP contribution is 2.24. The number of carbonyl (C=O) groups is 1. The molecule has 0 atom stereocenters. The Hall–Kier alpha value is -2.30. The number of aromatic nitrogens is 2. The van der Waals surface area contributed by atoms with Crippen LogP contribution in [0, 0.1) is 6.92 Å². The molecule has 100 valence electrons. The summed E-state index contributed by atoms with van der Waals surface area (Å²) in [5.74, 6) is 0.596. The van der Waals surface area contributed by atoms with Crippen molar-refractivity contribution in [2.24, 2.45) is 0 Å². The zero-order valence-electron chi connectivity index (χ0n) is 11.2.